The standard InChI is InChI=1S/C15H25N3O3/c1-6-21-13-7-12(17-10(2)18-13)16-9-11(14(19)20)8-15(3,4)5/h7,11H,6,8-9H2,1-5H3,(H,19,20)(H,16,17,18). The van der Waals surface area contributed by atoms with Crippen molar-refractivity contribution in [2.24, 2.45) is 11.3 Å². The molecule has 0 amide bonds. The first-order valence-electron chi connectivity index (χ1n) is 7.16. The number of rotatable bonds is 7. The lowest BCUT2D eigenvalue weighted by molar-refractivity contribution is -0.142. The van der Waals surface area contributed by atoms with E-state index in [1.807, 2.05) is 27.7 Å². The van der Waals surface area contributed by atoms with Crippen LogP contribution in [0.2, 0.25) is 0 Å². The molecule has 21 heavy (non-hydrogen) atoms. The van der Waals surface area contributed by atoms with Gasteiger partial charge in [-0.1, -0.05) is 20.8 Å². The Balaban J connectivity index is 2.73. The molecule has 1 heterocycles. The predicted octanol–water partition coefficient (Wildman–Crippen LogP) is 2.73. The lowest BCUT2D eigenvalue weighted by atomic mass is 9.84. The minimum absolute atomic E-state index is 0.0389. The molecule has 0 spiro atoms. The van der Waals surface area contributed by atoms with E-state index in [1.54, 1.807) is 13.0 Å². The third-order valence-electron chi connectivity index (χ3n) is 2.84. The van der Waals surface area contributed by atoms with Gasteiger partial charge in [-0.05, 0) is 25.7 Å². The molecule has 2 N–H and O–H groups in total. The molecule has 118 valence electrons. The number of ether oxygens (including phenoxy) is 1. The second-order valence-electron chi connectivity index (χ2n) is 6.25. The number of carbonyl (C=O) groups is 1. The second-order valence-corrected chi connectivity index (χ2v) is 6.25. The van der Waals surface area contributed by atoms with Crippen LogP contribution in [0.3, 0.4) is 0 Å². The quantitative estimate of drug-likeness (QED) is 0.804. The third-order valence-corrected chi connectivity index (χ3v) is 2.84. The van der Waals surface area contributed by atoms with Gasteiger partial charge in [0.15, 0.2) is 0 Å². The Labute approximate surface area is 126 Å². The molecule has 0 radical (unpaired) electrons. The van der Waals surface area contributed by atoms with Gasteiger partial charge in [0, 0.05) is 12.6 Å². The number of nitrogens with zero attached hydrogens (tertiary/aromatic N) is 2. The number of aromatic nitrogens is 2. The molecule has 0 fully saturated rings. The Morgan fingerprint density at radius 3 is 2.62 bits per heavy atom. The Kier molecular flexibility index (Phi) is 5.93. The molecule has 1 rings (SSSR count). The molecule has 6 nitrogen and oxygen atoms in total. The van der Waals surface area contributed by atoms with Crippen LogP contribution < -0.4 is 10.1 Å². The van der Waals surface area contributed by atoms with Crippen molar-refractivity contribution in [1.82, 2.24) is 9.97 Å². The first-order chi connectivity index (χ1) is 9.71. The van der Waals surface area contributed by atoms with Crippen LogP contribution in [0.5, 0.6) is 5.88 Å². The van der Waals surface area contributed by atoms with E-state index in [0.29, 0.717) is 37.1 Å². The second kappa shape index (κ2) is 7.24. The SMILES string of the molecule is CCOc1cc(NCC(CC(C)(C)C)C(=O)O)nc(C)n1. The van der Waals surface area contributed by atoms with Crippen LogP contribution in [-0.4, -0.2) is 34.2 Å². The average Bonchev–Trinajstić information content (AvgIpc) is 2.32. The summed E-state index contributed by atoms with van der Waals surface area (Å²) in [6.07, 6.45) is 0.595. The van der Waals surface area contributed by atoms with Gasteiger partial charge >= 0.3 is 5.97 Å². The summed E-state index contributed by atoms with van der Waals surface area (Å²) in [6, 6.07) is 1.69. The normalized spacial score (nSPS) is 12.8. The van der Waals surface area contributed by atoms with Crippen molar-refractivity contribution in [3.63, 3.8) is 0 Å². The fourth-order valence-corrected chi connectivity index (χ4v) is 2.07. The van der Waals surface area contributed by atoms with Crippen LogP contribution in [0, 0.1) is 18.3 Å². The molecule has 1 aromatic rings. The van der Waals surface area contributed by atoms with Crippen molar-refractivity contribution in [2.75, 3.05) is 18.5 Å². The monoisotopic (exact) mass is 295 g/mol. The van der Waals surface area contributed by atoms with E-state index in [9.17, 15) is 9.90 Å². The van der Waals surface area contributed by atoms with E-state index in [4.69, 9.17) is 4.74 Å². The molecule has 1 unspecified atom stereocenters. The van der Waals surface area contributed by atoms with Gasteiger partial charge < -0.3 is 15.2 Å². The molecule has 1 aromatic heterocycles. The van der Waals surface area contributed by atoms with Gasteiger partial charge in [-0.15, -0.1) is 0 Å². The minimum atomic E-state index is -0.798. The highest BCUT2D eigenvalue weighted by Crippen LogP contribution is 2.25. The van der Waals surface area contributed by atoms with Gasteiger partial charge in [0.25, 0.3) is 0 Å². The summed E-state index contributed by atoms with van der Waals surface area (Å²) < 4.78 is 5.35. The van der Waals surface area contributed by atoms with E-state index < -0.39 is 11.9 Å². The van der Waals surface area contributed by atoms with Gasteiger partial charge in [-0.2, -0.15) is 4.98 Å². The van der Waals surface area contributed by atoms with Crippen LogP contribution in [0.1, 0.15) is 39.9 Å². The zero-order valence-corrected chi connectivity index (χ0v) is 13.4. The maximum atomic E-state index is 11.3. The van der Waals surface area contributed by atoms with Gasteiger partial charge in [-0.25, -0.2) is 4.98 Å². The number of anilines is 1. The molecule has 0 aliphatic rings. The summed E-state index contributed by atoms with van der Waals surface area (Å²) in [5, 5.41) is 12.4. The van der Waals surface area contributed by atoms with Crippen molar-refractivity contribution >= 4 is 11.8 Å². The van der Waals surface area contributed by atoms with E-state index in [1.165, 1.54) is 0 Å². The predicted molar refractivity (Wildman–Crippen MR) is 81.6 cm³/mol. The lowest BCUT2D eigenvalue weighted by Gasteiger charge is -2.23. The van der Waals surface area contributed by atoms with E-state index in [2.05, 4.69) is 15.3 Å². The van der Waals surface area contributed by atoms with Crippen molar-refractivity contribution in [1.29, 1.82) is 0 Å². The lowest BCUT2D eigenvalue weighted by Crippen LogP contribution is -2.27. The molecule has 0 aliphatic carbocycles. The number of hydrogen-bond donors (Lipinski definition) is 2. The first-order valence-corrected chi connectivity index (χ1v) is 7.16. The van der Waals surface area contributed by atoms with Gasteiger partial charge in [0.2, 0.25) is 5.88 Å². The summed E-state index contributed by atoms with van der Waals surface area (Å²) in [6.45, 7) is 10.6. The largest absolute Gasteiger partial charge is 0.481 e. The van der Waals surface area contributed by atoms with Crippen LogP contribution in [0.25, 0.3) is 0 Å². The van der Waals surface area contributed by atoms with Gasteiger partial charge in [-0.3, -0.25) is 4.79 Å². The summed E-state index contributed by atoms with van der Waals surface area (Å²) in [5.41, 5.74) is -0.0389. The highest BCUT2D eigenvalue weighted by Gasteiger charge is 2.24. The van der Waals surface area contributed by atoms with Crippen molar-refractivity contribution in [3.05, 3.63) is 11.9 Å². The fourth-order valence-electron chi connectivity index (χ4n) is 2.07. The van der Waals surface area contributed by atoms with Crippen molar-refractivity contribution in [2.45, 2.75) is 41.0 Å². The van der Waals surface area contributed by atoms with Crippen molar-refractivity contribution in [3.8, 4) is 5.88 Å². The molecule has 0 aromatic carbocycles. The highest BCUT2D eigenvalue weighted by atomic mass is 16.5. The zero-order chi connectivity index (χ0) is 16.0. The van der Waals surface area contributed by atoms with Crippen LogP contribution >= 0.6 is 0 Å². The number of aryl methyl sites for hydroxylation is 1. The summed E-state index contributed by atoms with van der Waals surface area (Å²) in [4.78, 5) is 19.7. The molecule has 1 atom stereocenters. The zero-order valence-electron chi connectivity index (χ0n) is 13.4. The Morgan fingerprint density at radius 2 is 2.10 bits per heavy atom. The molecule has 0 aliphatic heterocycles. The van der Waals surface area contributed by atoms with Crippen LogP contribution in [-0.2, 0) is 4.79 Å². The maximum Gasteiger partial charge on any atom is 0.308 e. The topological polar surface area (TPSA) is 84.3 Å². The van der Waals surface area contributed by atoms with E-state index in [-0.39, 0.29) is 5.41 Å². The van der Waals surface area contributed by atoms with E-state index in [0.717, 1.165) is 0 Å². The van der Waals surface area contributed by atoms with Crippen LogP contribution in [0.15, 0.2) is 6.07 Å². The first kappa shape index (κ1) is 17.2. The molecule has 0 saturated heterocycles. The van der Waals surface area contributed by atoms with Gasteiger partial charge in [0.1, 0.15) is 11.6 Å². The minimum Gasteiger partial charge on any atom is -0.481 e. The van der Waals surface area contributed by atoms with Crippen molar-refractivity contribution < 1.29 is 14.6 Å². The number of hydrogen-bond acceptors (Lipinski definition) is 5. The molecule has 0 saturated carbocycles. The van der Waals surface area contributed by atoms with Crippen LogP contribution in [0.4, 0.5) is 5.82 Å². The summed E-state index contributed by atoms with van der Waals surface area (Å²) in [5.74, 6) is 0.413. The Hall–Kier alpha value is -1.85. The number of aliphatic carboxylic acids is 1. The summed E-state index contributed by atoms with van der Waals surface area (Å²) >= 11 is 0. The average molecular weight is 295 g/mol. The third kappa shape index (κ3) is 6.42. The maximum absolute atomic E-state index is 11.3. The number of carboxylic acid groups (broad SMARTS) is 1. The van der Waals surface area contributed by atoms with E-state index >= 15 is 0 Å². The fraction of sp³-hybridized carbons (Fsp3) is 0.667. The Bertz CT molecular complexity index is 484. The molecular weight excluding hydrogens is 270 g/mol. The highest BCUT2D eigenvalue weighted by molar-refractivity contribution is 5.70. The van der Waals surface area contributed by atoms with Gasteiger partial charge in [0.05, 0.1) is 12.5 Å². The molecule has 6 heteroatoms. The Morgan fingerprint density at radius 1 is 1.43 bits per heavy atom. The molecular formula is C15H25N3O3. The smallest absolute Gasteiger partial charge is 0.308 e. The summed E-state index contributed by atoms with van der Waals surface area (Å²) in [7, 11) is 0. The molecule has 0 bridgehead atoms. The number of nitrogens with one attached hydrogen (secondary N) is 1. The number of carboxylic acids is 1.